The Bertz CT molecular complexity index is 825. The van der Waals surface area contributed by atoms with Crippen molar-refractivity contribution < 1.29 is 9.18 Å². The molecule has 128 valence electrons. The predicted octanol–water partition coefficient (Wildman–Crippen LogP) is 1.85. The molecule has 0 saturated heterocycles. The van der Waals surface area contributed by atoms with E-state index in [1.54, 1.807) is 18.7 Å². The van der Waals surface area contributed by atoms with Gasteiger partial charge in [0.15, 0.2) is 0 Å². The van der Waals surface area contributed by atoms with Gasteiger partial charge < -0.3 is 4.90 Å². The summed E-state index contributed by atoms with van der Waals surface area (Å²) in [4.78, 5) is 26.2. The van der Waals surface area contributed by atoms with Crippen molar-refractivity contribution in [2.45, 2.75) is 31.8 Å². The number of benzene rings is 1. The summed E-state index contributed by atoms with van der Waals surface area (Å²) in [6, 6.07) is 4.08. The molecule has 0 saturated carbocycles. The van der Waals surface area contributed by atoms with Crippen molar-refractivity contribution in [2.24, 2.45) is 7.05 Å². The van der Waals surface area contributed by atoms with Crippen molar-refractivity contribution in [2.75, 3.05) is 7.05 Å². The van der Waals surface area contributed by atoms with Crippen molar-refractivity contribution in [1.82, 2.24) is 19.2 Å². The molecule has 8 heteroatoms. The minimum atomic E-state index is -0.630. The maximum absolute atomic E-state index is 14.0. The molecule has 2 heterocycles. The zero-order valence-electron chi connectivity index (χ0n) is 13.5. The molecule has 1 aliphatic heterocycles. The van der Waals surface area contributed by atoms with Gasteiger partial charge in [0.05, 0.1) is 10.6 Å². The van der Waals surface area contributed by atoms with Gasteiger partial charge in [-0.05, 0) is 25.0 Å². The lowest BCUT2D eigenvalue weighted by Crippen LogP contribution is -2.38. The molecular weight excluding hydrogens is 335 g/mol. The second-order valence-electron chi connectivity index (χ2n) is 5.97. The average molecular weight is 353 g/mol. The molecule has 0 bridgehead atoms. The van der Waals surface area contributed by atoms with E-state index in [1.165, 1.54) is 27.8 Å². The van der Waals surface area contributed by atoms with Crippen LogP contribution in [0.5, 0.6) is 0 Å². The Hall–Kier alpha value is -2.15. The molecule has 1 aromatic heterocycles. The number of hydrogen-bond acceptors (Lipinski definition) is 3. The van der Waals surface area contributed by atoms with Gasteiger partial charge in [-0.15, -0.1) is 0 Å². The smallest absolute Gasteiger partial charge is 0.339 e. The Kier molecular flexibility index (Phi) is 4.45. The molecule has 3 rings (SSSR count). The molecule has 1 aliphatic rings. The van der Waals surface area contributed by atoms with Crippen molar-refractivity contribution in [1.29, 1.82) is 0 Å². The lowest BCUT2D eigenvalue weighted by molar-refractivity contribution is 0.0711. The monoisotopic (exact) mass is 352 g/mol. The molecule has 0 radical (unpaired) electrons. The van der Waals surface area contributed by atoms with Crippen LogP contribution in [0.15, 0.2) is 23.0 Å². The number of carbonyl (C=O) groups is 1. The van der Waals surface area contributed by atoms with Gasteiger partial charge in [-0.3, -0.25) is 9.36 Å². The highest BCUT2D eigenvalue weighted by atomic mass is 35.5. The van der Waals surface area contributed by atoms with Crippen molar-refractivity contribution in [3.05, 3.63) is 50.9 Å². The summed E-state index contributed by atoms with van der Waals surface area (Å²) in [6.07, 6.45) is 1.85. The predicted molar refractivity (Wildman–Crippen MR) is 87.7 cm³/mol. The minimum absolute atomic E-state index is 0.0993. The summed E-state index contributed by atoms with van der Waals surface area (Å²) in [5.41, 5.74) is -0.267. The Morgan fingerprint density at radius 1 is 1.42 bits per heavy atom. The van der Waals surface area contributed by atoms with E-state index in [0.717, 1.165) is 5.82 Å². The van der Waals surface area contributed by atoms with Gasteiger partial charge in [0, 0.05) is 33.1 Å². The first kappa shape index (κ1) is 16.7. The summed E-state index contributed by atoms with van der Waals surface area (Å²) in [5.74, 6) is -0.361. The fourth-order valence-corrected chi connectivity index (χ4v) is 3.36. The highest BCUT2D eigenvalue weighted by molar-refractivity contribution is 6.33. The Morgan fingerprint density at radius 3 is 2.88 bits per heavy atom. The molecule has 24 heavy (non-hydrogen) atoms. The Balaban J connectivity index is 1.80. The third-order valence-electron chi connectivity index (χ3n) is 4.52. The summed E-state index contributed by atoms with van der Waals surface area (Å²) in [6.45, 7) is 0.481. The third-order valence-corrected chi connectivity index (χ3v) is 4.83. The lowest BCUT2D eigenvalue weighted by atomic mass is 10.1. The third kappa shape index (κ3) is 2.84. The molecule has 0 aliphatic carbocycles. The molecule has 1 amide bonds. The number of rotatable bonds is 2. The highest BCUT2D eigenvalue weighted by Crippen LogP contribution is 2.24. The van der Waals surface area contributed by atoms with Gasteiger partial charge in [-0.25, -0.2) is 13.9 Å². The summed E-state index contributed by atoms with van der Waals surface area (Å²) in [7, 11) is 3.26. The first-order valence-corrected chi connectivity index (χ1v) is 8.12. The summed E-state index contributed by atoms with van der Waals surface area (Å²) >= 11 is 5.99. The number of aromatic nitrogens is 3. The number of carbonyl (C=O) groups excluding carboxylic acids is 1. The SMILES string of the molecule is CN(C(=O)c1c(F)cccc1Cl)C1CCc2nn(C)c(=O)n2CC1. The number of nitrogens with zero attached hydrogens (tertiary/aromatic N) is 4. The summed E-state index contributed by atoms with van der Waals surface area (Å²) in [5, 5.41) is 4.32. The van der Waals surface area contributed by atoms with Crippen LogP contribution in [0.2, 0.25) is 5.02 Å². The molecule has 2 aromatic rings. The fourth-order valence-electron chi connectivity index (χ4n) is 3.11. The van der Waals surface area contributed by atoms with E-state index in [-0.39, 0.29) is 22.3 Å². The van der Waals surface area contributed by atoms with E-state index in [2.05, 4.69) is 5.10 Å². The molecule has 0 spiro atoms. The minimum Gasteiger partial charge on any atom is -0.339 e. The van der Waals surface area contributed by atoms with E-state index >= 15 is 0 Å². The van der Waals surface area contributed by atoms with E-state index in [4.69, 9.17) is 11.6 Å². The number of aryl methyl sites for hydroxylation is 2. The Labute approximate surface area is 143 Å². The maximum Gasteiger partial charge on any atom is 0.345 e. The second-order valence-corrected chi connectivity index (χ2v) is 6.38. The number of hydrogen-bond donors (Lipinski definition) is 0. The number of fused-ring (bicyclic) bond motifs is 1. The van der Waals surface area contributed by atoms with Crippen LogP contribution < -0.4 is 5.69 Å². The van der Waals surface area contributed by atoms with Gasteiger partial charge in [0.25, 0.3) is 5.91 Å². The first-order valence-electron chi connectivity index (χ1n) is 7.74. The zero-order chi connectivity index (χ0) is 17.4. The van der Waals surface area contributed by atoms with Crippen LogP contribution in [0.1, 0.15) is 29.0 Å². The number of amides is 1. The topological polar surface area (TPSA) is 60.1 Å². The van der Waals surface area contributed by atoms with E-state index in [9.17, 15) is 14.0 Å². The molecule has 1 unspecified atom stereocenters. The van der Waals surface area contributed by atoms with Crippen LogP contribution in [-0.4, -0.2) is 38.2 Å². The van der Waals surface area contributed by atoms with Crippen molar-refractivity contribution >= 4 is 17.5 Å². The maximum atomic E-state index is 14.0. The normalized spacial score (nSPS) is 17.2. The van der Waals surface area contributed by atoms with E-state index in [0.29, 0.717) is 25.8 Å². The van der Waals surface area contributed by atoms with Crippen LogP contribution in [0.3, 0.4) is 0 Å². The summed E-state index contributed by atoms with van der Waals surface area (Å²) < 4.78 is 16.9. The van der Waals surface area contributed by atoms with Gasteiger partial charge in [0.2, 0.25) is 0 Å². The quantitative estimate of drug-likeness (QED) is 0.828. The van der Waals surface area contributed by atoms with Gasteiger partial charge in [0.1, 0.15) is 11.6 Å². The highest BCUT2D eigenvalue weighted by Gasteiger charge is 2.28. The molecule has 0 fully saturated rings. The Morgan fingerprint density at radius 2 is 2.17 bits per heavy atom. The van der Waals surface area contributed by atoms with Crippen LogP contribution in [-0.2, 0) is 20.0 Å². The average Bonchev–Trinajstić information content (AvgIpc) is 2.72. The van der Waals surface area contributed by atoms with Gasteiger partial charge in [-0.2, -0.15) is 5.10 Å². The standard InChI is InChI=1S/C16H18ClFN4O2/c1-20(15(23)14-11(17)4-3-5-12(14)18)10-6-7-13-19-21(2)16(24)22(13)9-8-10/h3-5,10H,6-9H2,1-2H3. The molecule has 6 nitrogen and oxygen atoms in total. The van der Waals surface area contributed by atoms with E-state index in [1.807, 2.05) is 0 Å². The zero-order valence-corrected chi connectivity index (χ0v) is 14.3. The van der Waals surface area contributed by atoms with Crippen LogP contribution >= 0.6 is 11.6 Å². The second kappa shape index (κ2) is 6.39. The fraction of sp³-hybridized carbons (Fsp3) is 0.438. The molecule has 0 N–H and O–H groups in total. The van der Waals surface area contributed by atoms with Crippen LogP contribution in [0, 0.1) is 5.82 Å². The van der Waals surface area contributed by atoms with Crippen LogP contribution in [0.25, 0.3) is 0 Å². The molecule has 1 atom stereocenters. The molecule has 1 aromatic carbocycles. The first-order chi connectivity index (χ1) is 11.4. The number of halogens is 2. The van der Waals surface area contributed by atoms with Crippen LogP contribution in [0.4, 0.5) is 4.39 Å². The van der Waals surface area contributed by atoms with Gasteiger partial charge in [-0.1, -0.05) is 17.7 Å². The largest absolute Gasteiger partial charge is 0.345 e. The molecular formula is C16H18ClFN4O2. The van der Waals surface area contributed by atoms with Gasteiger partial charge >= 0.3 is 5.69 Å². The lowest BCUT2D eigenvalue weighted by Gasteiger charge is -2.27. The van der Waals surface area contributed by atoms with E-state index < -0.39 is 11.7 Å². The van der Waals surface area contributed by atoms with Crippen molar-refractivity contribution in [3.8, 4) is 0 Å². The van der Waals surface area contributed by atoms with Crippen molar-refractivity contribution in [3.63, 3.8) is 0 Å².